The fraction of sp³-hybridized carbons (Fsp3) is 0.304. The van der Waals surface area contributed by atoms with Crippen molar-refractivity contribution in [2.24, 2.45) is 5.92 Å². The summed E-state index contributed by atoms with van der Waals surface area (Å²) in [4.78, 5) is 25.5. The Morgan fingerprint density at radius 1 is 1.11 bits per heavy atom. The van der Waals surface area contributed by atoms with Crippen molar-refractivity contribution < 1.29 is 19.1 Å². The standard InChI is InChI=1S/C23H24O4/c1-4-27-23(25)22-20(19-8-6-5-7-15(19)2)13-17(14-21(22)24)16-9-11-18(26-3)12-10-16/h5-12,14,20,22H,4,13H2,1-3H3/t20-,22-/m0/s1. The normalized spacial score (nSPS) is 19.4. The Hall–Kier alpha value is -2.88. The van der Waals surface area contributed by atoms with Crippen molar-refractivity contribution in [3.8, 4) is 5.75 Å². The lowest BCUT2D eigenvalue weighted by Crippen LogP contribution is -2.34. The van der Waals surface area contributed by atoms with E-state index >= 15 is 0 Å². The maximum absolute atomic E-state index is 12.9. The number of allylic oxidation sites excluding steroid dienone is 2. The summed E-state index contributed by atoms with van der Waals surface area (Å²) in [7, 11) is 1.62. The van der Waals surface area contributed by atoms with Crippen molar-refractivity contribution in [1.29, 1.82) is 0 Å². The second-order valence-corrected chi connectivity index (χ2v) is 6.70. The average molecular weight is 364 g/mol. The molecule has 1 aliphatic carbocycles. The van der Waals surface area contributed by atoms with Gasteiger partial charge in [0.25, 0.3) is 0 Å². The van der Waals surface area contributed by atoms with Gasteiger partial charge in [0, 0.05) is 5.92 Å². The van der Waals surface area contributed by atoms with Gasteiger partial charge in [-0.2, -0.15) is 0 Å². The number of rotatable bonds is 5. The highest BCUT2D eigenvalue weighted by Crippen LogP contribution is 2.41. The van der Waals surface area contributed by atoms with Gasteiger partial charge in [0.15, 0.2) is 5.78 Å². The summed E-state index contributed by atoms with van der Waals surface area (Å²) in [6.45, 7) is 4.03. The Morgan fingerprint density at radius 3 is 2.44 bits per heavy atom. The molecule has 2 aromatic rings. The number of ether oxygens (including phenoxy) is 2. The highest BCUT2D eigenvalue weighted by atomic mass is 16.5. The SMILES string of the molecule is CCOC(=O)[C@@H]1C(=O)C=C(c2ccc(OC)cc2)C[C@H]1c1ccccc1C. The van der Waals surface area contributed by atoms with Gasteiger partial charge in [-0.15, -0.1) is 0 Å². The first-order chi connectivity index (χ1) is 13.0. The van der Waals surface area contributed by atoms with E-state index in [9.17, 15) is 9.59 Å². The summed E-state index contributed by atoms with van der Waals surface area (Å²) in [6, 6.07) is 15.5. The number of aryl methyl sites for hydroxylation is 1. The van der Waals surface area contributed by atoms with Gasteiger partial charge < -0.3 is 9.47 Å². The summed E-state index contributed by atoms with van der Waals surface area (Å²) in [5, 5.41) is 0. The number of carbonyl (C=O) groups is 2. The monoisotopic (exact) mass is 364 g/mol. The molecule has 1 aliphatic rings. The molecule has 0 spiro atoms. The molecule has 0 radical (unpaired) electrons. The molecule has 0 fully saturated rings. The van der Waals surface area contributed by atoms with Crippen LogP contribution >= 0.6 is 0 Å². The highest BCUT2D eigenvalue weighted by molar-refractivity contribution is 6.10. The third-order valence-corrected chi connectivity index (χ3v) is 5.05. The van der Waals surface area contributed by atoms with Crippen LogP contribution in [0, 0.1) is 12.8 Å². The number of methoxy groups -OCH3 is 1. The molecular formula is C23H24O4. The molecule has 0 N–H and O–H groups in total. The quantitative estimate of drug-likeness (QED) is 0.586. The Kier molecular flexibility index (Phi) is 5.75. The Labute approximate surface area is 159 Å². The van der Waals surface area contributed by atoms with E-state index in [0.717, 1.165) is 28.0 Å². The van der Waals surface area contributed by atoms with Gasteiger partial charge >= 0.3 is 5.97 Å². The zero-order valence-corrected chi connectivity index (χ0v) is 15.9. The lowest BCUT2D eigenvalue weighted by Gasteiger charge is -2.30. The zero-order chi connectivity index (χ0) is 19.4. The third-order valence-electron chi connectivity index (χ3n) is 5.05. The molecule has 0 aliphatic heterocycles. The molecule has 0 saturated carbocycles. The van der Waals surface area contributed by atoms with Crippen LogP contribution < -0.4 is 4.74 Å². The summed E-state index contributed by atoms with van der Waals surface area (Å²) in [5.41, 5.74) is 3.98. The van der Waals surface area contributed by atoms with Gasteiger partial charge in [-0.05, 0) is 60.7 Å². The number of carbonyl (C=O) groups excluding carboxylic acids is 2. The number of ketones is 1. The van der Waals surface area contributed by atoms with E-state index in [4.69, 9.17) is 9.47 Å². The predicted molar refractivity (Wildman–Crippen MR) is 105 cm³/mol. The first-order valence-electron chi connectivity index (χ1n) is 9.16. The topological polar surface area (TPSA) is 52.6 Å². The van der Waals surface area contributed by atoms with E-state index in [0.29, 0.717) is 6.42 Å². The lowest BCUT2D eigenvalue weighted by atomic mass is 9.72. The molecule has 3 rings (SSSR count). The minimum atomic E-state index is -0.798. The van der Waals surface area contributed by atoms with Crippen LogP contribution in [0.15, 0.2) is 54.6 Å². The van der Waals surface area contributed by atoms with E-state index < -0.39 is 11.9 Å². The molecule has 27 heavy (non-hydrogen) atoms. The maximum Gasteiger partial charge on any atom is 0.317 e. The Morgan fingerprint density at radius 2 is 1.81 bits per heavy atom. The molecular weight excluding hydrogens is 340 g/mol. The summed E-state index contributed by atoms with van der Waals surface area (Å²) < 4.78 is 10.4. The molecule has 0 unspecified atom stereocenters. The van der Waals surface area contributed by atoms with Gasteiger partial charge in [0.05, 0.1) is 13.7 Å². The third kappa shape index (κ3) is 3.95. The van der Waals surface area contributed by atoms with Crippen LogP contribution in [0.5, 0.6) is 5.75 Å². The van der Waals surface area contributed by atoms with Crippen molar-refractivity contribution >= 4 is 17.3 Å². The molecule has 2 aromatic carbocycles. The van der Waals surface area contributed by atoms with E-state index in [1.807, 2.05) is 55.5 Å². The van der Waals surface area contributed by atoms with Crippen LogP contribution in [0.25, 0.3) is 5.57 Å². The number of hydrogen-bond donors (Lipinski definition) is 0. The predicted octanol–water partition coefficient (Wildman–Crippen LogP) is 4.32. The smallest absolute Gasteiger partial charge is 0.317 e. The van der Waals surface area contributed by atoms with Crippen LogP contribution in [0.3, 0.4) is 0 Å². The van der Waals surface area contributed by atoms with Crippen molar-refractivity contribution in [1.82, 2.24) is 0 Å². The van der Waals surface area contributed by atoms with Crippen LogP contribution in [-0.2, 0) is 14.3 Å². The maximum atomic E-state index is 12.9. The molecule has 4 nitrogen and oxygen atoms in total. The molecule has 140 valence electrons. The zero-order valence-electron chi connectivity index (χ0n) is 15.9. The molecule has 0 saturated heterocycles. The Bertz CT molecular complexity index is 864. The summed E-state index contributed by atoms with van der Waals surface area (Å²) >= 11 is 0. The number of esters is 1. The van der Waals surface area contributed by atoms with Crippen LogP contribution in [0.4, 0.5) is 0 Å². The van der Waals surface area contributed by atoms with E-state index in [-0.39, 0.29) is 18.3 Å². The van der Waals surface area contributed by atoms with Gasteiger partial charge in [0.1, 0.15) is 11.7 Å². The molecule has 0 bridgehead atoms. The minimum Gasteiger partial charge on any atom is -0.497 e. The van der Waals surface area contributed by atoms with Gasteiger partial charge in [-0.3, -0.25) is 9.59 Å². The van der Waals surface area contributed by atoms with E-state index in [1.165, 1.54) is 0 Å². The second kappa shape index (κ2) is 8.21. The Balaban J connectivity index is 2.02. The minimum absolute atomic E-state index is 0.196. The molecule has 2 atom stereocenters. The molecule has 4 heteroatoms. The second-order valence-electron chi connectivity index (χ2n) is 6.70. The lowest BCUT2D eigenvalue weighted by molar-refractivity contribution is -0.151. The fourth-order valence-corrected chi connectivity index (χ4v) is 3.68. The molecule has 0 heterocycles. The van der Waals surface area contributed by atoms with E-state index in [2.05, 4.69) is 0 Å². The van der Waals surface area contributed by atoms with Gasteiger partial charge in [-0.25, -0.2) is 0 Å². The highest BCUT2D eigenvalue weighted by Gasteiger charge is 2.40. The van der Waals surface area contributed by atoms with Crippen LogP contribution in [0.1, 0.15) is 36.0 Å². The summed E-state index contributed by atoms with van der Waals surface area (Å²) in [5.74, 6) is -0.909. The van der Waals surface area contributed by atoms with Crippen molar-refractivity contribution in [3.63, 3.8) is 0 Å². The largest absolute Gasteiger partial charge is 0.497 e. The average Bonchev–Trinajstić information content (AvgIpc) is 2.68. The fourth-order valence-electron chi connectivity index (χ4n) is 3.68. The molecule has 0 aromatic heterocycles. The van der Waals surface area contributed by atoms with E-state index in [1.54, 1.807) is 20.1 Å². The first kappa shape index (κ1) is 18.9. The first-order valence-corrected chi connectivity index (χ1v) is 9.16. The van der Waals surface area contributed by atoms with Crippen molar-refractivity contribution in [2.45, 2.75) is 26.2 Å². The van der Waals surface area contributed by atoms with Crippen LogP contribution in [-0.4, -0.2) is 25.5 Å². The molecule has 0 amide bonds. The van der Waals surface area contributed by atoms with Gasteiger partial charge in [0.2, 0.25) is 0 Å². The summed E-state index contributed by atoms with van der Waals surface area (Å²) in [6.07, 6.45) is 2.20. The van der Waals surface area contributed by atoms with Gasteiger partial charge in [-0.1, -0.05) is 36.4 Å². The van der Waals surface area contributed by atoms with Crippen molar-refractivity contribution in [3.05, 3.63) is 71.3 Å². The van der Waals surface area contributed by atoms with Crippen LogP contribution in [0.2, 0.25) is 0 Å². The number of benzene rings is 2. The van der Waals surface area contributed by atoms with Crippen molar-refractivity contribution in [2.75, 3.05) is 13.7 Å². The number of hydrogen-bond acceptors (Lipinski definition) is 4.